The number of carbonyl (C=O) groups is 1. The predicted octanol–water partition coefficient (Wildman–Crippen LogP) is 3.81. The zero-order valence-electron chi connectivity index (χ0n) is 23.6. The quantitative estimate of drug-likeness (QED) is 0.374. The van der Waals surface area contributed by atoms with Crippen LogP contribution in [0.2, 0.25) is 0 Å². The van der Waals surface area contributed by atoms with Gasteiger partial charge in [0.2, 0.25) is 0 Å². The molecule has 0 spiro atoms. The van der Waals surface area contributed by atoms with Gasteiger partial charge in [-0.25, -0.2) is 9.48 Å². The van der Waals surface area contributed by atoms with Crippen LogP contribution in [-0.4, -0.2) is 46.0 Å². The van der Waals surface area contributed by atoms with Crippen LogP contribution in [0.3, 0.4) is 0 Å². The van der Waals surface area contributed by atoms with Gasteiger partial charge >= 0.3 is 6.03 Å². The third-order valence-electron chi connectivity index (χ3n) is 7.18. The first-order valence-electron chi connectivity index (χ1n) is 13.4. The van der Waals surface area contributed by atoms with Gasteiger partial charge in [0, 0.05) is 46.8 Å². The fourth-order valence-electron chi connectivity index (χ4n) is 4.88. The molecule has 2 aromatic heterocycles. The van der Waals surface area contributed by atoms with Gasteiger partial charge in [-0.15, -0.1) is 0 Å². The number of carbonyl (C=O) groups excluding carboxylic acids is 1. The second-order valence-corrected chi connectivity index (χ2v) is 11.6. The summed E-state index contributed by atoms with van der Waals surface area (Å²) in [5.41, 5.74) is 3.32. The third-order valence-corrected chi connectivity index (χ3v) is 7.18. The third kappa shape index (κ3) is 5.22. The zero-order chi connectivity index (χ0) is 28.8. The fourth-order valence-corrected chi connectivity index (χ4v) is 4.88. The van der Waals surface area contributed by atoms with Crippen molar-refractivity contribution in [2.75, 3.05) is 17.7 Å². The molecule has 3 unspecified atom stereocenters. The van der Waals surface area contributed by atoms with Crippen LogP contribution in [0.25, 0.3) is 5.69 Å². The summed E-state index contributed by atoms with van der Waals surface area (Å²) in [7, 11) is 1.80. The lowest BCUT2D eigenvalue weighted by molar-refractivity contribution is 0.251. The van der Waals surface area contributed by atoms with E-state index in [1.165, 1.54) is 0 Å². The Morgan fingerprint density at radius 2 is 1.93 bits per heavy atom. The number of amides is 2. The van der Waals surface area contributed by atoms with E-state index in [0.29, 0.717) is 23.4 Å². The topological polar surface area (TPSA) is 141 Å². The summed E-state index contributed by atoms with van der Waals surface area (Å²) in [6.45, 7) is 10.1. The highest BCUT2D eigenvalue weighted by Crippen LogP contribution is 2.40. The van der Waals surface area contributed by atoms with Crippen molar-refractivity contribution in [1.82, 2.24) is 25.0 Å². The van der Waals surface area contributed by atoms with E-state index in [1.807, 2.05) is 26.0 Å². The highest BCUT2D eigenvalue weighted by Gasteiger charge is 2.42. The highest BCUT2D eigenvalue weighted by atomic mass is 16.2. The minimum Gasteiger partial charge on any atom is -0.337 e. The maximum Gasteiger partial charge on any atom is 0.320 e. The van der Waals surface area contributed by atoms with Gasteiger partial charge in [0.15, 0.2) is 6.29 Å². The van der Waals surface area contributed by atoms with Crippen molar-refractivity contribution in [2.24, 2.45) is 4.99 Å². The molecule has 5 rings (SSSR count). The summed E-state index contributed by atoms with van der Waals surface area (Å²) in [5.74, 6) is 1.17. The summed E-state index contributed by atoms with van der Waals surface area (Å²) in [6, 6.07) is 12.3. The monoisotopic (exact) mass is 541 g/mol. The number of fused-ring (bicyclic) bond motifs is 1. The van der Waals surface area contributed by atoms with E-state index in [0.717, 1.165) is 22.8 Å². The Bertz CT molecular complexity index is 1570. The van der Waals surface area contributed by atoms with Gasteiger partial charge in [-0.1, -0.05) is 20.8 Å². The smallest absolute Gasteiger partial charge is 0.320 e. The molecule has 3 atom stereocenters. The number of anilines is 2. The van der Waals surface area contributed by atoms with Gasteiger partial charge in [0.25, 0.3) is 5.56 Å². The summed E-state index contributed by atoms with van der Waals surface area (Å²) in [4.78, 5) is 31.1. The molecular formula is C29H35N9O2. The lowest BCUT2D eigenvalue weighted by Gasteiger charge is -2.27. The second kappa shape index (κ2) is 10.3. The standard InChI is InChI=1S/C29H35N9O2/c1-16(2)37-25-18(15-32-27(31-6)35-25)11-21(26(37)39)20-12-22(20)33-28(40)34-24-13-23(29(3,4)5)36-38(24)19-9-7-17(14-30)8-10-19/h7-11,13,15-16,20,22,27,31,35H,12H2,1-6H3,(H2,33,34,40). The van der Waals surface area contributed by atoms with Gasteiger partial charge in [0.1, 0.15) is 11.6 Å². The van der Waals surface area contributed by atoms with Gasteiger partial charge in [0.05, 0.1) is 23.0 Å². The molecule has 4 N–H and O–H groups in total. The molecule has 0 bridgehead atoms. The molecule has 0 saturated heterocycles. The van der Waals surface area contributed by atoms with Crippen LogP contribution in [0, 0.1) is 11.3 Å². The number of hydrogen-bond acceptors (Lipinski definition) is 7. The minimum absolute atomic E-state index is 0.0503. The number of nitrogens with one attached hydrogen (secondary N) is 4. The fraction of sp³-hybridized carbons (Fsp3) is 0.414. The first-order valence-corrected chi connectivity index (χ1v) is 13.4. The minimum atomic E-state index is -0.370. The number of nitriles is 1. The molecule has 11 nitrogen and oxygen atoms in total. The van der Waals surface area contributed by atoms with Gasteiger partial charge in [-0.2, -0.15) is 10.4 Å². The number of pyridine rings is 1. The van der Waals surface area contributed by atoms with E-state index in [1.54, 1.807) is 46.8 Å². The average Bonchev–Trinajstić information content (AvgIpc) is 3.53. The molecule has 2 aliphatic rings. The number of benzene rings is 1. The van der Waals surface area contributed by atoms with Crippen LogP contribution in [0.15, 0.2) is 46.2 Å². The molecule has 0 radical (unpaired) electrons. The van der Waals surface area contributed by atoms with E-state index >= 15 is 0 Å². The number of rotatable bonds is 6. The normalized spacial score (nSPS) is 19.5. The van der Waals surface area contributed by atoms with Crippen molar-refractivity contribution in [2.45, 2.75) is 70.7 Å². The SMILES string of the molecule is CNC1N=Cc2cc(C3CC3NC(=O)Nc3cc(C(C)(C)C)nn3-c3ccc(C#N)cc3)c(=O)n(C(C)C)c2N1. The molecule has 3 aromatic rings. The lowest BCUT2D eigenvalue weighted by atomic mass is 9.92. The summed E-state index contributed by atoms with van der Waals surface area (Å²) in [5, 5.41) is 26.2. The Morgan fingerprint density at radius 3 is 2.55 bits per heavy atom. The molecule has 1 saturated carbocycles. The molecule has 208 valence electrons. The summed E-state index contributed by atoms with van der Waals surface area (Å²) >= 11 is 0. The van der Waals surface area contributed by atoms with Crippen molar-refractivity contribution >= 4 is 23.9 Å². The first-order chi connectivity index (χ1) is 19.0. The van der Waals surface area contributed by atoms with E-state index in [9.17, 15) is 9.59 Å². The molecule has 2 amide bonds. The van der Waals surface area contributed by atoms with Crippen LogP contribution in [-0.2, 0) is 5.41 Å². The molecule has 1 aromatic carbocycles. The number of aliphatic imine (C=N–C) groups is 1. The molecule has 1 aliphatic heterocycles. The van der Waals surface area contributed by atoms with Crippen LogP contribution in [0.4, 0.5) is 16.4 Å². The number of nitrogens with zero attached hydrogens (tertiary/aromatic N) is 5. The molecule has 3 heterocycles. The van der Waals surface area contributed by atoms with Gasteiger partial charge in [-0.05, 0) is 57.6 Å². The zero-order valence-corrected chi connectivity index (χ0v) is 23.6. The maximum atomic E-state index is 13.5. The Kier molecular flexibility index (Phi) is 6.98. The largest absolute Gasteiger partial charge is 0.337 e. The lowest BCUT2D eigenvalue weighted by Crippen LogP contribution is -2.39. The molecule has 11 heteroatoms. The van der Waals surface area contributed by atoms with Crippen LogP contribution in [0.1, 0.15) is 75.4 Å². The number of aromatic nitrogens is 3. The van der Waals surface area contributed by atoms with Crippen molar-refractivity contribution in [3.8, 4) is 11.8 Å². The van der Waals surface area contributed by atoms with Crippen molar-refractivity contribution in [1.29, 1.82) is 5.26 Å². The summed E-state index contributed by atoms with van der Waals surface area (Å²) in [6.07, 6.45) is 2.16. The molecule has 40 heavy (non-hydrogen) atoms. The predicted molar refractivity (Wildman–Crippen MR) is 155 cm³/mol. The van der Waals surface area contributed by atoms with E-state index in [2.05, 4.69) is 53.1 Å². The van der Waals surface area contributed by atoms with Crippen molar-refractivity contribution in [3.05, 3.63) is 69.1 Å². The highest BCUT2D eigenvalue weighted by molar-refractivity contribution is 5.90. The Balaban J connectivity index is 1.35. The number of urea groups is 1. The van der Waals surface area contributed by atoms with Gasteiger partial charge in [-0.3, -0.25) is 25.0 Å². The van der Waals surface area contributed by atoms with Gasteiger partial charge < -0.3 is 10.6 Å². The van der Waals surface area contributed by atoms with Crippen LogP contribution in [0.5, 0.6) is 0 Å². The van der Waals surface area contributed by atoms with E-state index < -0.39 is 0 Å². The Labute approximate surface area is 233 Å². The van der Waals surface area contributed by atoms with Crippen molar-refractivity contribution < 1.29 is 4.79 Å². The average molecular weight is 542 g/mol. The summed E-state index contributed by atoms with van der Waals surface area (Å²) < 4.78 is 3.43. The van der Waals surface area contributed by atoms with E-state index in [-0.39, 0.29) is 41.3 Å². The van der Waals surface area contributed by atoms with E-state index in [4.69, 9.17) is 10.4 Å². The molecular weight excluding hydrogens is 506 g/mol. The maximum absolute atomic E-state index is 13.5. The second-order valence-electron chi connectivity index (χ2n) is 11.6. The first kappa shape index (κ1) is 27.1. The Hall–Kier alpha value is -4.43. The molecule has 1 aliphatic carbocycles. The molecule has 1 fully saturated rings. The Morgan fingerprint density at radius 1 is 1.20 bits per heavy atom. The van der Waals surface area contributed by atoms with Crippen LogP contribution < -0.4 is 26.8 Å². The number of hydrogen-bond donors (Lipinski definition) is 4. The van der Waals surface area contributed by atoms with Crippen LogP contribution >= 0.6 is 0 Å². The van der Waals surface area contributed by atoms with Crippen molar-refractivity contribution in [3.63, 3.8) is 0 Å².